The molecule has 2 aromatic carbocycles. The van der Waals surface area contributed by atoms with E-state index in [1.54, 1.807) is 24.3 Å². The van der Waals surface area contributed by atoms with Gasteiger partial charge in [-0.3, -0.25) is 14.9 Å². The number of H-pyrrole nitrogens is 1. The van der Waals surface area contributed by atoms with Crippen molar-refractivity contribution >= 4 is 59.2 Å². The SMILES string of the molecule is O=c1[nH]c2cc(Br)cc([N+](=O)[O-])c2c2ccc(Br)cc12. The summed E-state index contributed by atoms with van der Waals surface area (Å²) in [4.78, 5) is 25.6. The van der Waals surface area contributed by atoms with E-state index < -0.39 is 4.92 Å². The number of aromatic nitrogens is 1. The van der Waals surface area contributed by atoms with Crippen LogP contribution in [0.5, 0.6) is 0 Å². The van der Waals surface area contributed by atoms with Gasteiger partial charge in [0.1, 0.15) is 0 Å². The summed E-state index contributed by atoms with van der Waals surface area (Å²) in [6.45, 7) is 0. The lowest BCUT2D eigenvalue weighted by Gasteiger charge is -2.05. The highest BCUT2D eigenvalue weighted by atomic mass is 79.9. The van der Waals surface area contributed by atoms with E-state index in [4.69, 9.17) is 0 Å². The van der Waals surface area contributed by atoms with Gasteiger partial charge in [0.25, 0.3) is 11.2 Å². The van der Waals surface area contributed by atoms with Crippen molar-refractivity contribution in [3.05, 3.63) is 59.7 Å². The Balaban J connectivity index is 2.65. The molecule has 20 heavy (non-hydrogen) atoms. The first-order chi connectivity index (χ1) is 9.47. The maximum Gasteiger partial charge on any atom is 0.280 e. The number of nitro benzene ring substituents is 1. The Labute approximate surface area is 129 Å². The summed E-state index contributed by atoms with van der Waals surface area (Å²) in [6.07, 6.45) is 0. The Morgan fingerprint density at radius 2 is 1.80 bits per heavy atom. The zero-order valence-corrected chi connectivity index (χ0v) is 13.0. The van der Waals surface area contributed by atoms with Crippen molar-refractivity contribution in [3.8, 4) is 0 Å². The molecular formula is C13H6Br2N2O3. The second kappa shape index (κ2) is 4.68. The monoisotopic (exact) mass is 396 g/mol. The van der Waals surface area contributed by atoms with Crippen LogP contribution in [0, 0.1) is 10.1 Å². The van der Waals surface area contributed by atoms with Crippen LogP contribution in [0.4, 0.5) is 5.69 Å². The van der Waals surface area contributed by atoms with Crippen LogP contribution in [-0.2, 0) is 0 Å². The molecule has 0 radical (unpaired) electrons. The quantitative estimate of drug-likeness (QED) is 0.381. The molecule has 5 nitrogen and oxygen atoms in total. The third-order valence-electron chi connectivity index (χ3n) is 3.02. The number of benzene rings is 2. The van der Waals surface area contributed by atoms with E-state index in [0.29, 0.717) is 26.1 Å². The van der Waals surface area contributed by atoms with E-state index in [2.05, 4.69) is 36.8 Å². The Morgan fingerprint density at radius 3 is 2.50 bits per heavy atom. The minimum atomic E-state index is -0.451. The largest absolute Gasteiger partial charge is 0.321 e. The Kier molecular flexibility index (Phi) is 3.10. The smallest absolute Gasteiger partial charge is 0.280 e. The summed E-state index contributed by atoms with van der Waals surface area (Å²) in [5, 5.41) is 12.7. The Morgan fingerprint density at radius 1 is 1.05 bits per heavy atom. The molecule has 0 spiro atoms. The van der Waals surface area contributed by atoms with Gasteiger partial charge in [0, 0.05) is 25.8 Å². The maximum atomic E-state index is 12.1. The number of hydrogen-bond donors (Lipinski definition) is 1. The van der Waals surface area contributed by atoms with Gasteiger partial charge >= 0.3 is 0 Å². The van der Waals surface area contributed by atoms with Gasteiger partial charge in [0.15, 0.2) is 0 Å². The first-order valence-corrected chi connectivity index (χ1v) is 7.15. The van der Waals surface area contributed by atoms with Gasteiger partial charge in [-0.2, -0.15) is 0 Å². The number of non-ortho nitro benzene ring substituents is 1. The lowest BCUT2D eigenvalue weighted by Crippen LogP contribution is -2.07. The molecule has 0 aliphatic carbocycles. The van der Waals surface area contributed by atoms with Gasteiger partial charge in [-0.05, 0) is 18.2 Å². The van der Waals surface area contributed by atoms with E-state index in [-0.39, 0.29) is 11.2 Å². The van der Waals surface area contributed by atoms with Crippen molar-refractivity contribution in [3.63, 3.8) is 0 Å². The average Bonchev–Trinajstić information content (AvgIpc) is 2.38. The Hall–Kier alpha value is -1.73. The predicted molar refractivity (Wildman–Crippen MR) is 84.1 cm³/mol. The van der Waals surface area contributed by atoms with Gasteiger partial charge < -0.3 is 4.98 Å². The molecule has 1 N–H and O–H groups in total. The van der Waals surface area contributed by atoms with E-state index in [0.717, 1.165) is 4.47 Å². The molecule has 0 aliphatic rings. The topological polar surface area (TPSA) is 76.0 Å². The first kappa shape index (κ1) is 13.3. The van der Waals surface area contributed by atoms with E-state index in [1.807, 2.05) is 0 Å². The fraction of sp³-hybridized carbons (Fsp3) is 0. The standard InChI is InChI=1S/C13H6Br2N2O3/c14-6-1-2-8-9(3-6)13(18)16-10-4-7(15)5-11(12(8)10)17(19)20/h1-5H,(H,16,18). The van der Waals surface area contributed by atoms with Crippen LogP contribution >= 0.6 is 31.9 Å². The summed E-state index contributed by atoms with van der Waals surface area (Å²) in [6, 6.07) is 8.21. The van der Waals surface area contributed by atoms with Crippen molar-refractivity contribution in [2.45, 2.75) is 0 Å². The number of nitrogens with zero attached hydrogens (tertiary/aromatic N) is 1. The molecule has 0 unspecified atom stereocenters. The number of hydrogen-bond acceptors (Lipinski definition) is 3. The van der Waals surface area contributed by atoms with Gasteiger partial charge in [0.05, 0.1) is 15.8 Å². The molecule has 0 atom stereocenters. The molecule has 0 saturated carbocycles. The molecule has 0 saturated heterocycles. The number of rotatable bonds is 1. The average molecular weight is 398 g/mol. The molecule has 1 aromatic heterocycles. The van der Waals surface area contributed by atoms with Crippen molar-refractivity contribution in [1.29, 1.82) is 0 Å². The molecule has 0 fully saturated rings. The second-order valence-electron chi connectivity index (χ2n) is 4.25. The summed E-state index contributed by atoms with van der Waals surface area (Å²) in [5.74, 6) is 0. The lowest BCUT2D eigenvalue weighted by molar-refractivity contribution is -0.383. The van der Waals surface area contributed by atoms with Gasteiger partial charge in [-0.1, -0.05) is 37.9 Å². The van der Waals surface area contributed by atoms with Crippen LogP contribution in [-0.4, -0.2) is 9.91 Å². The summed E-state index contributed by atoms with van der Waals surface area (Å²) >= 11 is 6.51. The summed E-state index contributed by atoms with van der Waals surface area (Å²) in [7, 11) is 0. The fourth-order valence-electron chi connectivity index (χ4n) is 2.23. The number of nitrogens with one attached hydrogen (secondary N) is 1. The molecule has 3 rings (SSSR count). The van der Waals surface area contributed by atoms with Crippen molar-refractivity contribution < 1.29 is 4.92 Å². The van der Waals surface area contributed by atoms with Crippen LogP contribution in [0.1, 0.15) is 0 Å². The van der Waals surface area contributed by atoms with Gasteiger partial charge in [0.2, 0.25) is 0 Å². The Bertz CT molecular complexity index is 934. The zero-order valence-electron chi connectivity index (χ0n) is 9.81. The molecule has 7 heteroatoms. The zero-order chi connectivity index (χ0) is 14.4. The molecule has 3 aromatic rings. The fourth-order valence-corrected chi connectivity index (χ4v) is 3.04. The number of fused-ring (bicyclic) bond motifs is 3. The number of nitro groups is 1. The minimum Gasteiger partial charge on any atom is -0.321 e. The van der Waals surface area contributed by atoms with Crippen molar-refractivity contribution in [2.24, 2.45) is 0 Å². The molecular weight excluding hydrogens is 392 g/mol. The van der Waals surface area contributed by atoms with E-state index in [1.165, 1.54) is 6.07 Å². The predicted octanol–water partition coefficient (Wildman–Crippen LogP) is 4.11. The van der Waals surface area contributed by atoms with E-state index >= 15 is 0 Å². The van der Waals surface area contributed by atoms with E-state index in [9.17, 15) is 14.9 Å². The molecule has 0 aliphatic heterocycles. The van der Waals surface area contributed by atoms with Crippen LogP contribution in [0.15, 0.2) is 44.1 Å². The van der Waals surface area contributed by atoms with Crippen LogP contribution < -0.4 is 5.56 Å². The van der Waals surface area contributed by atoms with Crippen molar-refractivity contribution in [1.82, 2.24) is 4.98 Å². The third kappa shape index (κ3) is 2.03. The highest BCUT2D eigenvalue weighted by molar-refractivity contribution is 9.10. The summed E-state index contributed by atoms with van der Waals surface area (Å²) < 4.78 is 1.29. The van der Waals surface area contributed by atoms with Gasteiger partial charge in [-0.15, -0.1) is 0 Å². The van der Waals surface area contributed by atoms with Gasteiger partial charge in [-0.25, -0.2) is 0 Å². The first-order valence-electron chi connectivity index (χ1n) is 5.56. The minimum absolute atomic E-state index is 0.0436. The van der Waals surface area contributed by atoms with Crippen molar-refractivity contribution in [2.75, 3.05) is 0 Å². The number of pyridine rings is 1. The summed E-state index contributed by atoms with van der Waals surface area (Å²) in [5.41, 5.74) is 0.116. The van der Waals surface area contributed by atoms with Crippen LogP contribution in [0.25, 0.3) is 21.7 Å². The number of aromatic amines is 1. The lowest BCUT2D eigenvalue weighted by atomic mass is 10.1. The molecule has 0 amide bonds. The normalized spacial score (nSPS) is 11.1. The maximum absolute atomic E-state index is 12.1. The number of halogens is 2. The molecule has 0 bridgehead atoms. The third-order valence-corrected chi connectivity index (χ3v) is 3.97. The molecule has 100 valence electrons. The highest BCUT2D eigenvalue weighted by Crippen LogP contribution is 2.33. The van der Waals surface area contributed by atoms with Crippen LogP contribution in [0.2, 0.25) is 0 Å². The second-order valence-corrected chi connectivity index (χ2v) is 6.08. The van der Waals surface area contributed by atoms with Crippen LogP contribution in [0.3, 0.4) is 0 Å². The molecule has 1 heterocycles. The highest BCUT2D eigenvalue weighted by Gasteiger charge is 2.18.